The van der Waals surface area contributed by atoms with Gasteiger partial charge < -0.3 is 4.55 Å². The molecular weight excluding hydrogens is 172 g/mol. The maximum absolute atomic E-state index is 11.5. The molecule has 0 rings (SSSR count). The highest BCUT2D eigenvalue weighted by atomic mass is 32.2. The average Bonchev–Trinajstić information content (AvgIpc) is 1.85. The summed E-state index contributed by atoms with van der Waals surface area (Å²) in [6.07, 6.45) is 0. The average molecular weight is 188 g/mol. The quantitative estimate of drug-likeness (QED) is 0.665. The smallest absolute Gasteiger partial charge is 0.144 e. The van der Waals surface area contributed by atoms with Crippen molar-refractivity contribution < 1.29 is 4.55 Å². The Bertz CT molecular complexity index is 190. The fraction of sp³-hybridized carbons (Fsp3) is 0.875. The molecule has 0 spiro atoms. The van der Waals surface area contributed by atoms with Crippen LogP contribution in [0, 0.1) is 11.3 Å². The maximum Gasteiger partial charge on any atom is 0.144 e. The number of hydrogen-bond acceptors (Lipinski definition) is 3. The van der Waals surface area contributed by atoms with Gasteiger partial charge >= 0.3 is 0 Å². The number of hydrogen-bond donors (Lipinski definition) is 1. The molecule has 0 radical (unpaired) electrons. The normalized spacial score (nSPS) is 15.4. The van der Waals surface area contributed by atoms with E-state index in [1.54, 1.807) is 13.8 Å². The fourth-order valence-electron chi connectivity index (χ4n) is 0.408. The van der Waals surface area contributed by atoms with E-state index in [-0.39, 0.29) is 4.75 Å². The molecule has 0 amide bonds. The van der Waals surface area contributed by atoms with E-state index in [1.165, 1.54) is 0 Å². The third kappa shape index (κ3) is 3.96. The summed E-state index contributed by atoms with van der Waals surface area (Å²) in [5.41, 5.74) is -0.724. The first-order valence-electron chi connectivity index (χ1n) is 3.80. The zero-order valence-electron chi connectivity index (χ0n) is 8.26. The van der Waals surface area contributed by atoms with Crippen LogP contribution >= 0.6 is 0 Å². The van der Waals surface area contributed by atoms with Crippen molar-refractivity contribution in [1.29, 1.82) is 5.26 Å². The lowest BCUT2D eigenvalue weighted by Gasteiger charge is -2.28. The van der Waals surface area contributed by atoms with Gasteiger partial charge in [-0.3, -0.25) is 0 Å². The van der Waals surface area contributed by atoms with Crippen LogP contribution in [0.3, 0.4) is 0 Å². The Balaban J connectivity index is 4.22. The molecule has 0 bridgehead atoms. The highest BCUT2D eigenvalue weighted by molar-refractivity contribution is 7.90. The summed E-state index contributed by atoms with van der Waals surface area (Å²) >= 11 is -1.18. The monoisotopic (exact) mass is 188 g/mol. The predicted molar refractivity (Wildman–Crippen MR) is 50.7 cm³/mol. The number of nitrogens with zero attached hydrogens (tertiary/aromatic N) is 1. The molecular formula is C8H16N2OS. The van der Waals surface area contributed by atoms with E-state index in [9.17, 15) is 4.55 Å². The van der Waals surface area contributed by atoms with Crippen molar-refractivity contribution in [3.05, 3.63) is 0 Å². The van der Waals surface area contributed by atoms with Crippen molar-refractivity contribution in [3.8, 4) is 6.07 Å². The molecule has 0 aromatic carbocycles. The lowest BCUT2D eigenvalue weighted by atomic mass is 10.1. The first-order chi connectivity index (χ1) is 5.19. The van der Waals surface area contributed by atoms with E-state index in [4.69, 9.17) is 5.26 Å². The molecule has 0 saturated heterocycles. The zero-order valence-corrected chi connectivity index (χ0v) is 9.08. The number of nitrogens with one attached hydrogen (secondary N) is 1. The van der Waals surface area contributed by atoms with Crippen molar-refractivity contribution >= 4 is 11.4 Å². The van der Waals surface area contributed by atoms with Crippen molar-refractivity contribution in [2.24, 2.45) is 0 Å². The van der Waals surface area contributed by atoms with Crippen LogP contribution in [-0.2, 0) is 11.4 Å². The second-order valence-electron chi connectivity index (χ2n) is 4.22. The van der Waals surface area contributed by atoms with Gasteiger partial charge in [0.15, 0.2) is 0 Å². The largest absolute Gasteiger partial charge is 0.598 e. The number of rotatable bonds is 2. The Morgan fingerprint density at radius 1 is 1.25 bits per heavy atom. The Labute approximate surface area is 77.5 Å². The molecule has 3 nitrogen and oxygen atoms in total. The lowest BCUT2D eigenvalue weighted by molar-refractivity contribution is 0.507. The summed E-state index contributed by atoms with van der Waals surface area (Å²) in [6.45, 7) is 9.00. The van der Waals surface area contributed by atoms with E-state index in [2.05, 4.69) is 4.72 Å². The minimum atomic E-state index is -1.18. The topological polar surface area (TPSA) is 58.9 Å². The molecule has 0 fully saturated rings. The number of nitriles is 1. The molecule has 0 aliphatic rings. The molecule has 1 atom stereocenters. The van der Waals surface area contributed by atoms with E-state index in [0.29, 0.717) is 0 Å². The van der Waals surface area contributed by atoms with Gasteiger partial charge in [-0.15, -0.1) is 4.72 Å². The molecule has 0 saturated carbocycles. The third-order valence-corrected chi connectivity index (χ3v) is 2.99. The van der Waals surface area contributed by atoms with Gasteiger partial charge in [0.1, 0.15) is 10.3 Å². The molecule has 0 aromatic rings. The van der Waals surface area contributed by atoms with E-state index in [0.717, 1.165) is 0 Å². The summed E-state index contributed by atoms with van der Waals surface area (Å²) < 4.78 is 13.9. The van der Waals surface area contributed by atoms with E-state index < -0.39 is 16.9 Å². The first kappa shape index (κ1) is 11.8. The minimum absolute atomic E-state index is 0.325. The molecule has 0 aliphatic heterocycles. The zero-order chi connectivity index (χ0) is 9.99. The first-order valence-corrected chi connectivity index (χ1v) is 4.95. The summed E-state index contributed by atoms with van der Waals surface area (Å²) in [5, 5.41) is 8.66. The molecule has 4 heteroatoms. The van der Waals surface area contributed by atoms with E-state index in [1.807, 2.05) is 26.8 Å². The predicted octanol–water partition coefficient (Wildman–Crippen LogP) is 1.34. The van der Waals surface area contributed by atoms with Gasteiger partial charge in [0.05, 0.1) is 6.07 Å². The molecule has 70 valence electrons. The highest BCUT2D eigenvalue weighted by Crippen LogP contribution is 2.16. The second-order valence-corrected chi connectivity index (χ2v) is 6.19. The Kier molecular flexibility index (Phi) is 3.58. The van der Waals surface area contributed by atoms with Crippen LogP contribution in [0.15, 0.2) is 0 Å². The minimum Gasteiger partial charge on any atom is -0.598 e. The molecule has 12 heavy (non-hydrogen) atoms. The van der Waals surface area contributed by atoms with Gasteiger partial charge in [0.2, 0.25) is 0 Å². The highest BCUT2D eigenvalue weighted by Gasteiger charge is 2.32. The molecule has 0 heterocycles. The van der Waals surface area contributed by atoms with Crippen LogP contribution in [0.25, 0.3) is 0 Å². The van der Waals surface area contributed by atoms with Crippen molar-refractivity contribution in [1.82, 2.24) is 4.72 Å². The maximum atomic E-state index is 11.5. The summed E-state index contributed by atoms with van der Waals surface area (Å²) in [4.78, 5) is 0. The Hall–Kier alpha value is -0.240. The van der Waals surface area contributed by atoms with Crippen LogP contribution in [0.2, 0.25) is 0 Å². The van der Waals surface area contributed by atoms with Crippen molar-refractivity contribution in [3.63, 3.8) is 0 Å². The van der Waals surface area contributed by atoms with Crippen LogP contribution in [0.5, 0.6) is 0 Å². The van der Waals surface area contributed by atoms with Gasteiger partial charge in [-0.05, 0) is 34.6 Å². The summed E-state index contributed by atoms with van der Waals surface area (Å²) in [7, 11) is 0. The van der Waals surface area contributed by atoms with Crippen molar-refractivity contribution in [2.45, 2.75) is 44.9 Å². The molecule has 1 N–H and O–H groups in total. The third-order valence-electron chi connectivity index (χ3n) is 1.18. The van der Waals surface area contributed by atoms with Crippen molar-refractivity contribution in [2.75, 3.05) is 0 Å². The van der Waals surface area contributed by atoms with Gasteiger partial charge in [0.25, 0.3) is 0 Å². The lowest BCUT2D eigenvalue weighted by Crippen LogP contribution is -2.49. The fourth-order valence-corrected chi connectivity index (χ4v) is 1.22. The van der Waals surface area contributed by atoms with Gasteiger partial charge in [-0.1, -0.05) is 0 Å². The Morgan fingerprint density at radius 3 is 1.92 bits per heavy atom. The second kappa shape index (κ2) is 3.65. The van der Waals surface area contributed by atoms with Gasteiger partial charge in [-0.2, -0.15) is 5.26 Å². The van der Waals surface area contributed by atoms with Crippen LogP contribution in [0.1, 0.15) is 34.6 Å². The van der Waals surface area contributed by atoms with Gasteiger partial charge in [0, 0.05) is 11.4 Å². The summed E-state index contributed by atoms with van der Waals surface area (Å²) in [6, 6.07) is 2.04. The standard InChI is InChI=1S/C8H16N2OS/c1-7(2,3)12(11)10-8(4,5)6-9/h10H,1-5H3/t12-/m0/s1. The van der Waals surface area contributed by atoms with E-state index >= 15 is 0 Å². The molecule has 0 unspecified atom stereocenters. The molecule has 0 aromatic heterocycles. The molecule has 0 aliphatic carbocycles. The SMILES string of the molecule is CC(C)(C#N)N[S@@+]([O-])C(C)(C)C. The van der Waals surface area contributed by atoms with Crippen LogP contribution in [0.4, 0.5) is 0 Å². The summed E-state index contributed by atoms with van der Waals surface area (Å²) in [5.74, 6) is 0. The Morgan fingerprint density at radius 2 is 1.67 bits per heavy atom. The van der Waals surface area contributed by atoms with Gasteiger partial charge in [-0.25, -0.2) is 0 Å². The van der Waals surface area contributed by atoms with Crippen LogP contribution in [-0.4, -0.2) is 14.8 Å². The van der Waals surface area contributed by atoms with Crippen LogP contribution < -0.4 is 4.72 Å².